The minimum Gasteiger partial charge on any atom is -0.463 e. The third-order valence-electron chi connectivity index (χ3n) is 0.689. The molecule has 2 nitrogen and oxygen atoms in total. The van der Waals surface area contributed by atoms with E-state index >= 15 is 0 Å². The smallest absolute Gasteiger partial charge is 0.331 e. The minimum atomic E-state index is -0.451. The van der Waals surface area contributed by atoms with Gasteiger partial charge in [-0.25, -0.2) is 4.79 Å². The van der Waals surface area contributed by atoms with Gasteiger partial charge in [0.05, 0.1) is 12.5 Å². The van der Waals surface area contributed by atoms with E-state index < -0.39 is 5.97 Å². The summed E-state index contributed by atoms with van der Waals surface area (Å²) in [6.07, 6.45) is 1.16. The van der Waals surface area contributed by atoms with Crippen LogP contribution in [0.1, 0.15) is 6.92 Å². The number of alkyl halides is 1. The molecule has 0 saturated heterocycles. The van der Waals surface area contributed by atoms with E-state index in [1.165, 1.54) is 0 Å². The van der Waals surface area contributed by atoms with Crippen molar-refractivity contribution >= 4 is 29.2 Å². The Bertz CT molecular complexity index is 143. The van der Waals surface area contributed by atoms with Crippen molar-refractivity contribution in [3.8, 4) is 0 Å². The van der Waals surface area contributed by atoms with Crippen LogP contribution in [0.15, 0.2) is 11.1 Å². The van der Waals surface area contributed by atoms with Gasteiger partial charge in [0.2, 0.25) is 0 Å². The SMILES string of the molecule is CCOC(=O)/C=C(\Cl)CCl. The van der Waals surface area contributed by atoms with Gasteiger partial charge in [-0.15, -0.1) is 11.6 Å². The maximum absolute atomic E-state index is 10.6. The highest BCUT2D eigenvalue weighted by atomic mass is 35.5. The molecule has 0 aromatic carbocycles. The summed E-state index contributed by atoms with van der Waals surface area (Å²) in [6, 6.07) is 0. The standard InChI is InChI=1S/C6H8Cl2O2/c1-2-10-6(9)3-5(8)4-7/h3H,2,4H2,1H3/b5-3-. The minimum absolute atomic E-state index is 0.139. The first kappa shape index (κ1) is 9.79. The summed E-state index contributed by atoms with van der Waals surface area (Å²) in [5.74, 6) is -0.312. The van der Waals surface area contributed by atoms with Gasteiger partial charge in [0, 0.05) is 11.1 Å². The lowest BCUT2D eigenvalue weighted by atomic mass is 10.5. The van der Waals surface area contributed by atoms with Crippen LogP contribution in [0, 0.1) is 0 Å². The number of hydrogen-bond acceptors (Lipinski definition) is 2. The zero-order valence-electron chi connectivity index (χ0n) is 5.56. The molecule has 10 heavy (non-hydrogen) atoms. The molecule has 0 unspecified atom stereocenters. The van der Waals surface area contributed by atoms with Crippen LogP contribution in [0.5, 0.6) is 0 Å². The third kappa shape index (κ3) is 4.65. The molecule has 0 N–H and O–H groups in total. The maximum atomic E-state index is 10.6. The van der Waals surface area contributed by atoms with Crippen LogP contribution in [0.3, 0.4) is 0 Å². The molecule has 0 aromatic rings. The molecule has 0 aliphatic heterocycles. The van der Waals surface area contributed by atoms with Crippen LogP contribution in [0.25, 0.3) is 0 Å². The Labute approximate surface area is 69.8 Å². The van der Waals surface area contributed by atoms with E-state index in [0.29, 0.717) is 11.6 Å². The average molecular weight is 183 g/mol. The van der Waals surface area contributed by atoms with E-state index in [1.54, 1.807) is 6.92 Å². The maximum Gasteiger partial charge on any atom is 0.331 e. The Morgan fingerprint density at radius 1 is 1.70 bits per heavy atom. The van der Waals surface area contributed by atoms with Crippen LogP contribution >= 0.6 is 23.2 Å². The topological polar surface area (TPSA) is 26.3 Å². The van der Waals surface area contributed by atoms with Crippen LogP contribution < -0.4 is 0 Å². The number of hydrogen-bond donors (Lipinski definition) is 0. The van der Waals surface area contributed by atoms with Crippen molar-refractivity contribution in [1.29, 1.82) is 0 Å². The zero-order valence-corrected chi connectivity index (χ0v) is 7.08. The van der Waals surface area contributed by atoms with E-state index in [-0.39, 0.29) is 5.88 Å². The van der Waals surface area contributed by atoms with Gasteiger partial charge in [0.1, 0.15) is 0 Å². The van der Waals surface area contributed by atoms with Crippen molar-refractivity contribution in [1.82, 2.24) is 0 Å². The number of esters is 1. The van der Waals surface area contributed by atoms with Gasteiger partial charge in [0.25, 0.3) is 0 Å². The number of ether oxygens (including phenoxy) is 1. The molecule has 58 valence electrons. The Morgan fingerprint density at radius 2 is 2.30 bits per heavy atom. The summed E-state index contributed by atoms with van der Waals surface area (Å²) in [5, 5.41) is 0.292. The predicted octanol–water partition coefficient (Wildman–Crippen LogP) is 1.91. The van der Waals surface area contributed by atoms with Crippen molar-refractivity contribution < 1.29 is 9.53 Å². The average Bonchev–Trinajstić information content (AvgIpc) is 1.88. The molecule has 0 radical (unpaired) electrons. The summed E-state index contributed by atoms with van der Waals surface area (Å²) in [5.41, 5.74) is 0. The van der Waals surface area contributed by atoms with Gasteiger partial charge in [0.15, 0.2) is 0 Å². The molecular formula is C6H8Cl2O2. The first-order valence-electron chi connectivity index (χ1n) is 2.79. The van der Waals surface area contributed by atoms with Crippen molar-refractivity contribution in [2.75, 3.05) is 12.5 Å². The quantitative estimate of drug-likeness (QED) is 0.379. The van der Waals surface area contributed by atoms with E-state index in [2.05, 4.69) is 4.74 Å². The lowest BCUT2D eigenvalue weighted by Gasteiger charge is -1.94. The Kier molecular flexibility index (Phi) is 5.45. The molecule has 0 rings (SSSR count). The lowest BCUT2D eigenvalue weighted by molar-refractivity contribution is -0.137. The molecule has 0 aliphatic carbocycles. The monoisotopic (exact) mass is 182 g/mol. The van der Waals surface area contributed by atoms with Crippen molar-refractivity contribution in [2.45, 2.75) is 6.92 Å². The lowest BCUT2D eigenvalue weighted by Crippen LogP contribution is -1.99. The molecule has 0 atom stereocenters. The van der Waals surface area contributed by atoms with E-state index in [0.717, 1.165) is 6.08 Å². The van der Waals surface area contributed by atoms with Gasteiger partial charge in [-0.2, -0.15) is 0 Å². The summed E-state index contributed by atoms with van der Waals surface area (Å²) in [7, 11) is 0. The normalized spacial score (nSPS) is 11.3. The summed E-state index contributed by atoms with van der Waals surface area (Å²) in [4.78, 5) is 10.6. The summed E-state index contributed by atoms with van der Waals surface area (Å²) >= 11 is 10.7. The number of halogens is 2. The second-order valence-electron chi connectivity index (χ2n) is 1.48. The van der Waals surface area contributed by atoms with Gasteiger partial charge in [-0.1, -0.05) is 11.6 Å². The molecule has 0 aliphatic rings. The number of carbonyl (C=O) groups is 1. The van der Waals surface area contributed by atoms with Gasteiger partial charge in [-0.3, -0.25) is 0 Å². The van der Waals surface area contributed by atoms with E-state index in [4.69, 9.17) is 23.2 Å². The highest BCUT2D eigenvalue weighted by Crippen LogP contribution is 2.02. The van der Waals surface area contributed by atoms with Crippen LogP contribution in [-0.2, 0) is 9.53 Å². The zero-order chi connectivity index (χ0) is 7.98. The molecule has 0 aromatic heterocycles. The summed E-state index contributed by atoms with van der Waals surface area (Å²) in [6.45, 7) is 2.07. The van der Waals surface area contributed by atoms with Crippen LogP contribution in [0.2, 0.25) is 0 Å². The fourth-order valence-corrected chi connectivity index (χ4v) is 0.517. The number of rotatable bonds is 3. The molecule has 0 amide bonds. The Morgan fingerprint density at radius 3 is 2.70 bits per heavy atom. The second kappa shape index (κ2) is 5.57. The van der Waals surface area contributed by atoms with E-state index in [9.17, 15) is 4.79 Å². The molecule has 0 saturated carbocycles. The van der Waals surface area contributed by atoms with Gasteiger partial charge in [-0.05, 0) is 6.92 Å². The van der Waals surface area contributed by atoms with Crippen molar-refractivity contribution in [3.63, 3.8) is 0 Å². The molecular weight excluding hydrogens is 175 g/mol. The molecule has 0 spiro atoms. The summed E-state index contributed by atoms with van der Waals surface area (Å²) < 4.78 is 4.56. The fraction of sp³-hybridized carbons (Fsp3) is 0.500. The molecule has 4 heteroatoms. The number of allylic oxidation sites excluding steroid dienone is 1. The Balaban J connectivity index is 3.75. The van der Waals surface area contributed by atoms with Crippen LogP contribution in [-0.4, -0.2) is 18.5 Å². The molecule has 0 bridgehead atoms. The second-order valence-corrected chi connectivity index (χ2v) is 2.23. The molecule has 0 fully saturated rings. The third-order valence-corrected chi connectivity index (χ3v) is 1.36. The largest absolute Gasteiger partial charge is 0.463 e. The van der Waals surface area contributed by atoms with Crippen LogP contribution in [0.4, 0.5) is 0 Å². The van der Waals surface area contributed by atoms with Crippen molar-refractivity contribution in [3.05, 3.63) is 11.1 Å². The van der Waals surface area contributed by atoms with E-state index in [1.807, 2.05) is 0 Å². The first-order chi connectivity index (χ1) is 4.70. The fourth-order valence-electron chi connectivity index (χ4n) is 0.350. The van der Waals surface area contributed by atoms with Gasteiger partial charge < -0.3 is 4.74 Å². The first-order valence-corrected chi connectivity index (χ1v) is 3.70. The highest BCUT2D eigenvalue weighted by Gasteiger charge is 1.96. The molecule has 0 heterocycles. The predicted molar refractivity (Wildman–Crippen MR) is 41.3 cm³/mol. The van der Waals surface area contributed by atoms with Crippen molar-refractivity contribution in [2.24, 2.45) is 0 Å². The number of carbonyl (C=O) groups excluding carboxylic acids is 1. The Hall–Kier alpha value is -0.210. The highest BCUT2D eigenvalue weighted by molar-refractivity contribution is 6.36. The van der Waals surface area contributed by atoms with Gasteiger partial charge >= 0.3 is 5.97 Å².